The van der Waals surface area contributed by atoms with Crippen LogP contribution in [-0.2, 0) is 0 Å². The Morgan fingerprint density at radius 1 is 1.44 bits per heavy atom. The molecule has 1 unspecified atom stereocenters. The molecule has 0 aliphatic carbocycles. The summed E-state index contributed by atoms with van der Waals surface area (Å²) in [5.74, 6) is 1.94. The molecule has 9 heavy (non-hydrogen) atoms. The van der Waals surface area contributed by atoms with Gasteiger partial charge in [-0.25, -0.2) is 0 Å². The molecule has 0 heterocycles. The summed E-state index contributed by atoms with van der Waals surface area (Å²) in [5.41, 5.74) is 0. The highest BCUT2D eigenvalue weighted by molar-refractivity contribution is 9.18. The summed E-state index contributed by atoms with van der Waals surface area (Å²) in [6, 6.07) is 0. The van der Waals surface area contributed by atoms with Gasteiger partial charge in [-0.1, -0.05) is 13.8 Å². The van der Waals surface area contributed by atoms with Crippen molar-refractivity contribution >= 4 is 44.0 Å². The average molecular weight is 202 g/mol. The lowest BCUT2D eigenvalue weighted by molar-refractivity contribution is 1.13. The summed E-state index contributed by atoms with van der Waals surface area (Å²) < 4.78 is 0. The van der Waals surface area contributed by atoms with Crippen LogP contribution in [0.25, 0.3) is 0 Å². The van der Waals surface area contributed by atoms with Crippen LogP contribution in [0.5, 0.6) is 0 Å². The van der Waals surface area contributed by atoms with E-state index in [2.05, 4.69) is 49.8 Å². The fraction of sp³-hybridized carbons (Fsp3) is 1.00. The fourth-order valence-corrected chi connectivity index (χ4v) is 3.13. The van der Waals surface area contributed by atoms with Crippen molar-refractivity contribution < 1.29 is 0 Å². The fourth-order valence-electron chi connectivity index (χ4n) is 0.404. The molecule has 1 atom stereocenters. The summed E-state index contributed by atoms with van der Waals surface area (Å²) in [6.45, 7) is 4.26. The average Bonchev–Trinajstić information content (AvgIpc) is 1.86. The second-order valence-electron chi connectivity index (χ2n) is 2.00. The number of thiol groups is 3. The van der Waals surface area contributed by atoms with Crippen LogP contribution in [-0.4, -0.2) is 16.8 Å². The molecule has 0 bridgehead atoms. The zero-order chi connectivity index (χ0) is 7.49. The maximum absolute atomic E-state index is 4.46. The number of rotatable bonds is 3. The lowest BCUT2D eigenvalue weighted by atomic mass is 10.6. The maximum Gasteiger partial charge on any atom is 0.0116 e. The van der Waals surface area contributed by atoms with Gasteiger partial charge in [-0.3, -0.25) is 0 Å². The zero-order valence-corrected chi connectivity index (χ0v) is 9.24. The molecule has 0 aromatic carbocycles. The largest absolute Gasteiger partial charge is 0.178 e. The number of hydrogen-bond donors (Lipinski definition) is 3. The first-order valence-electron chi connectivity index (χ1n) is 2.90. The zero-order valence-electron chi connectivity index (χ0n) is 5.74. The van der Waals surface area contributed by atoms with E-state index in [1.807, 2.05) is 0 Å². The molecule has 0 amide bonds. The highest BCUT2D eigenvalue weighted by Crippen LogP contribution is 2.60. The molecule has 0 radical (unpaired) electrons. The second kappa shape index (κ2) is 4.31. The van der Waals surface area contributed by atoms with E-state index in [0.717, 1.165) is 11.5 Å². The van der Waals surface area contributed by atoms with Crippen LogP contribution >= 0.6 is 44.0 Å². The molecule has 0 saturated heterocycles. The third-order valence-corrected chi connectivity index (χ3v) is 8.13. The summed E-state index contributed by atoms with van der Waals surface area (Å²) in [4.78, 5) is 0. The van der Waals surface area contributed by atoms with Crippen molar-refractivity contribution in [1.82, 2.24) is 0 Å². The predicted octanol–water partition coefficient (Wildman–Crippen LogP) is 2.82. The molecule has 0 saturated carbocycles. The quantitative estimate of drug-likeness (QED) is 0.455. The van der Waals surface area contributed by atoms with Crippen molar-refractivity contribution in [3.05, 3.63) is 0 Å². The van der Waals surface area contributed by atoms with Gasteiger partial charge in [0.15, 0.2) is 0 Å². The summed E-state index contributed by atoms with van der Waals surface area (Å²) >= 11 is 13.1. The Kier molecular flexibility index (Phi) is 4.98. The Hall–Kier alpha value is 1.40. The Labute approximate surface area is 74.5 Å². The van der Waals surface area contributed by atoms with E-state index in [1.54, 1.807) is 0 Å². The summed E-state index contributed by atoms with van der Waals surface area (Å²) in [7, 11) is -0.936. The molecule has 0 aromatic heterocycles. The van der Waals surface area contributed by atoms with Gasteiger partial charge in [0.2, 0.25) is 0 Å². The standard InChI is InChI=1S/C5H14S4/c1-3-9(7,8)5(2)4-6/h5-8H,3-4H2,1-2H3. The van der Waals surface area contributed by atoms with Gasteiger partial charge in [0.25, 0.3) is 0 Å². The SMILES string of the molecule is CCS(S)(S)C(C)CS. The Bertz CT molecular complexity index is 81.0. The van der Waals surface area contributed by atoms with Crippen LogP contribution in [0.4, 0.5) is 0 Å². The Balaban J connectivity index is 3.80. The molecule has 0 fully saturated rings. The van der Waals surface area contributed by atoms with E-state index in [1.165, 1.54) is 0 Å². The predicted molar refractivity (Wildman–Crippen MR) is 59.4 cm³/mol. The van der Waals surface area contributed by atoms with Crippen LogP contribution < -0.4 is 0 Å². The van der Waals surface area contributed by atoms with Crippen molar-refractivity contribution in [1.29, 1.82) is 0 Å². The van der Waals surface area contributed by atoms with Crippen LogP contribution in [0.1, 0.15) is 13.8 Å². The Morgan fingerprint density at radius 2 is 1.89 bits per heavy atom. The van der Waals surface area contributed by atoms with Crippen LogP contribution in [0.3, 0.4) is 0 Å². The van der Waals surface area contributed by atoms with Gasteiger partial charge in [0, 0.05) is 11.0 Å². The van der Waals surface area contributed by atoms with Gasteiger partial charge in [-0.2, -0.15) is 12.6 Å². The van der Waals surface area contributed by atoms with Crippen molar-refractivity contribution in [2.24, 2.45) is 0 Å². The third-order valence-electron chi connectivity index (χ3n) is 1.33. The van der Waals surface area contributed by atoms with Crippen LogP contribution in [0.15, 0.2) is 0 Å². The van der Waals surface area contributed by atoms with E-state index in [9.17, 15) is 0 Å². The topological polar surface area (TPSA) is 0 Å². The minimum atomic E-state index is -0.936. The van der Waals surface area contributed by atoms with Crippen LogP contribution in [0, 0.1) is 0 Å². The van der Waals surface area contributed by atoms with Crippen molar-refractivity contribution in [2.45, 2.75) is 19.1 Å². The third kappa shape index (κ3) is 3.35. The second-order valence-corrected chi connectivity index (χ2v) is 9.95. The highest BCUT2D eigenvalue weighted by Gasteiger charge is 2.18. The number of hydrogen-bond acceptors (Lipinski definition) is 3. The van der Waals surface area contributed by atoms with E-state index in [0.29, 0.717) is 5.25 Å². The smallest absolute Gasteiger partial charge is 0.0116 e. The first-order valence-corrected chi connectivity index (χ1v) is 7.50. The molecule has 0 N–H and O–H groups in total. The molecule has 0 aliphatic heterocycles. The van der Waals surface area contributed by atoms with E-state index in [4.69, 9.17) is 0 Å². The molecular formula is C5H14S4. The van der Waals surface area contributed by atoms with Gasteiger partial charge in [0.05, 0.1) is 0 Å². The Morgan fingerprint density at radius 3 is 2.00 bits per heavy atom. The van der Waals surface area contributed by atoms with Gasteiger partial charge in [-0.05, 0) is 5.75 Å². The van der Waals surface area contributed by atoms with E-state index < -0.39 is 8.09 Å². The molecule has 0 nitrogen and oxygen atoms in total. The van der Waals surface area contributed by atoms with Crippen molar-refractivity contribution in [2.75, 3.05) is 11.5 Å². The van der Waals surface area contributed by atoms with Gasteiger partial charge in [0.1, 0.15) is 0 Å². The molecule has 4 heteroatoms. The molecule has 0 rings (SSSR count). The lowest BCUT2D eigenvalue weighted by Gasteiger charge is -2.32. The van der Waals surface area contributed by atoms with Crippen LogP contribution in [0.2, 0.25) is 0 Å². The first kappa shape index (κ1) is 10.4. The van der Waals surface area contributed by atoms with E-state index >= 15 is 0 Å². The maximum atomic E-state index is 4.46. The molecule has 58 valence electrons. The molecule has 0 spiro atoms. The lowest BCUT2D eigenvalue weighted by Crippen LogP contribution is -2.08. The van der Waals surface area contributed by atoms with E-state index in [-0.39, 0.29) is 0 Å². The summed E-state index contributed by atoms with van der Waals surface area (Å²) in [5, 5.41) is 0.539. The molecular weight excluding hydrogens is 188 g/mol. The molecule has 0 aliphatic rings. The summed E-state index contributed by atoms with van der Waals surface area (Å²) in [6.07, 6.45) is 0. The molecule has 0 aromatic rings. The van der Waals surface area contributed by atoms with Crippen molar-refractivity contribution in [3.8, 4) is 0 Å². The van der Waals surface area contributed by atoms with Crippen molar-refractivity contribution in [3.63, 3.8) is 0 Å². The van der Waals surface area contributed by atoms with Gasteiger partial charge in [-0.15, -0.1) is 31.4 Å². The minimum absolute atomic E-state index is 0.539. The minimum Gasteiger partial charge on any atom is -0.178 e. The first-order chi connectivity index (χ1) is 4.04. The normalized spacial score (nSPS) is 17.4. The van der Waals surface area contributed by atoms with Gasteiger partial charge < -0.3 is 0 Å². The highest BCUT2D eigenvalue weighted by atomic mass is 33.5. The van der Waals surface area contributed by atoms with Gasteiger partial charge >= 0.3 is 0 Å². The monoisotopic (exact) mass is 202 g/mol.